The molecule has 1 saturated carbocycles. The summed E-state index contributed by atoms with van der Waals surface area (Å²) < 4.78 is 47.0. The monoisotopic (exact) mass is 546 g/mol. The van der Waals surface area contributed by atoms with E-state index in [-0.39, 0.29) is 11.7 Å². The standard InChI is InChI=1S/C28H33F3N4O4/c1-16(2)17-8-10-19(11-9-17)35-14-18-12-23(20(13-22(18)34-35)27(3,4)39-15-25(36)37)33-26(38)21-6-5-7-24(32-21)28(29,30)31/h5-7,12-14,16-17,19H,8-11,15H2,1-4H3,(H,33,38)(H,36,37). The van der Waals surface area contributed by atoms with Crippen molar-refractivity contribution in [3.63, 3.8) is 0 Å². The van der Waals surface area contributed by atoms with Gasteiger partial charge in [0.25, 0.3) is 5.91 Å². The number of benzene rings is 1. The summed E-state index contributed by atoms with van der Waals surface area (Å²) in [6.07, 6.45) is 1.44. The summed E-state index contributed by atoms with van der Waals surface area (Å²) in [4.78, 5) is 27.7. The van der Waals surface area contributed by atoms with Crippen molar-refractivity contribution in [3.05, 3.63) is 53.5 Å². The first-order chi connectivity index (χ1) is 18.2. The summed E-state index contributed by atoms with van der Waals surface area (Å²) in [7, 11) is 0. The molecule has 2 heterocycles. The van der Waals surface area contributed by atoms with Crippen LogP contribution in [0.1, 0.15) is 81.2 Å². The van der Waals surface area contributed by atoms with Crippen LogP contribution in [0.5, 0.6) is 0 Å². The Morgan fingerprint density at radius 3 is 2.46 bits per heavy atom. The number of ether oxygens (including phenoxy) is 1. The van der Waals surface area contributed by atoms with E-state index < -0.39 is 41.6 Å². The molecule has 1 aliphatic carbocycles. The molecular weight excluding hydrogens is 513 g/mol. The van der Waals surface area contributed by atoms with Crippen molar-refractivity contribution in [2.24, 2.45) is 11.8 Å². The number of nitrogens with one attached hydrogen (secondary N) is 1. The number of hydrogen-bond donors (Lipinski definition) is 2. The van der Waals surface area contributed by atoms with Crippen LogP contribution in [0.4, 0.5) is 18.9 Å². The lowest BCUT2D eigenvalue weighted by Crippen LogP contribution is -2.27. The first kappa shape index (κ1) is 28.5. The average Bonchev–Trinajstić information content (AvgIpc) is 3.30. The third-order valence-corrected chi connectivity index (χ3v) is 7.45. The summed E-state index contributed by atoms with van der Waals surface area (Å²) in [6, 6.07) is 6.75. The van der Waals surface area contributed by atoms with Crippen LogP contribution in [0, 0.1) is 11.8 Å². The number of amides is 1. The number of fused-ring (bicyclic) bond motifs is 1. The van der Waals surface area contributed by atoms with Crippen molar-refractivity contribution in [2.45, 2.75) is 71.2 Å². The minimum Gasteiger partial charge on any atom is -0.480 e. The molecule has 1 aliphatic rings. The van der Waals surface area contributed by atoms with Gasteiger partial charge in [-0.15, -0.1) is 0 Å². The number of aromatic nitrogens is 3. The normalized spacial score (nSPS) is 18.5. The van der Waals surface area contributed by atoms with E-state index in [4.69, 9.17) is 14.9 Å². The van der Waals surface area contributed by atoms with Crippen LogP contribution in [0.2, 0.25) is 0 Å². The number of aliphatic carboxylic acids is 1. The smallest absolute Gasteiger partial charge is 0.433 e. The number of carbonyl (C=O) groups excluding carboxylic acids is 1. The van der Waals surface area contributed by atoms with Gasteiger partial charge in [0, 0.05) is 22.8 Å². The zero-order valence-corrected chi connectivity index (χ0v) is 22.4. The lowest BCUT2D eigenvalue weighted by molar-refractivity contribution is -0.148. The van der Waals surface area contributed by atoms with Crippen molar-refractivity contribution in [2.75, 3.05) is 11.9 Å². The van der Waals surface area contributed by atoms with E-state index in [1.54, 1.807) is 26.0 Å². The van der Waals surface area contributed by atoms with E-state index in [1.807, 2.05) is 10.9 Å². The van der Waals surface area contributed by atoms with Gasteiger partial charge in [-0.3, -0.25) is 9.48 Å². The van der Waals surface area contributed by atoms with Crippen molar-refractivity contribution in [3.8, 4) is 0 Å². The highest BCUT2D eigenvalue weighted by atomic mass is 19.4. The molecule has 1 amide bonds. The second-order valence-corrected chi connectivity index (χ2v) is 10.9. The second kappa shape index (κ2) is 11.0. The van der Waals surface area contributed by atoms with Crippen LogP contribution in [-0.4, -0.2) is 38.4 Å². The minimum absolute atomic E-state index is 0.236. The Balaban J connectivity index is 1.69. The Kier molecular flexibility index (Phi) is 8.02. The predicted molar refractivity (Wildman–Crippen MR) is 139 cm³/mol. The maximum atomic E-state index is 13.2. The van der Waals surface area contributed by atoms with Crippen LogP contribution in [0.3, 0.4) is 0 Å². The fraction of sp³-hybridized carbons (Fsp3) is 0.500. The average molecular weight is 547 g/mol. The predicted octanol–water partition coefficient (Wildman–Crippen LogP) is 6.43. The van der Waals surface area contributed by atoms with E-state index in [0.29, 0.717) is 22.9 Å². The summed E-state index contributed by atoms with van der Waals surface area (Å²) >= 11 is 0. The van der Waals surface area contributed by atoms with Gasteiger partial charge < -0.3 is 15.2 Å². The first-order valence-electron chi connectivity index (χ1n) is 13.0. The Morgan fingerprint density at radius 1 is 1.15 bits per heavy atom. The van der Waals surface area contributed by atoms with Crippen LogP contribution in [0.15, 0.2) is 36.5 Å². The van der Waals surface area contributed by atoms with Gasteiger partial charge in [-0.2, -0.15) is 18.3 Å². The molecule has 1 fully saturated rings. The molecule has 3 aromatic rings. The number of hydrogen-bond acceptors (Lipinski definition) is 5. The number of alkyl halides is 3. The van der Waals surface area contributed by atoms with Gasteiger partial charge in [0.05, 0.1) is 17.2 Å². The highest BCUT2D eigenvalue weighted by Crippen LogP contribution is 2.38. The number of nitrogens with zero attached hydrogens (tertiary/aromatic N) is 3. The van der Waals surface area contributed by atoms with E-state index in [0.717, 1.165) is 43.2 Å². The second-order valence-electron chi connectivity index (χ2n) is 10.9. The van der Waals surface area contributed by atoms with Crippen molar-refractivity contribution < 1.29 is 32.6 Å². The van der Waals surface area contributed by atoms with Crippen molar-refractivity contribution in [1.82, 2.24) is 14.8 Å². The number of pyridine rings is 1. The van der Waals surface area contributed by atoms with Gasteiger partial charge in [0.15, 0.2) is 0 Å². The van der Waals surface area contributed by atoms with Crippen molar-refractivity contribution in [1.29, 1.82) is 0 Å². The lowest BCUT2D eigenvalue weighted by atomic mass is 9.80. The number of anilines is 1. The van der Waals surface area contributed by atoms with Crippen molar-refractivity contribution >= 4 is 28.5 Å². The van der Waals surface area contributed by atoms with Crippen LogP contribution in [0.25, 0.3) is 10.9 Å². The number of carboxylic acids is 1. The molecule has 2 aromatic heterocycles. The van der Waals surface area contributed by atoms with E-state index in [1.165, 1.54) is 6.07 Å². The molecule has 0 atom stereocenters. The molecule has 0 saturated heterocycles. The zero-order chi connectivity index (χ0) is 28.5. The minimum atomic E-state index is -4.70. The fourth-order valence-electron chi connectivity index (χ4n) is 5.14. The van der Waals surface area contributed by atoms with Crippen LogP contribution < -0.4 is 5.32 Å². The molecule has 0 radical (unpaired) electrons. The summed E-state index contributed by atoms with van der Waals surface area (Å²) in [5.41, 5.74) is -1.41. The Labute approximate surface area is 224 Å². The number of halogens is 3. The molecular formula is C28H33F3N4O4. The molecule has 0 aliphatic heterocycles. The quantitative estimate of drug-likeness (QED) is 0.337. The third-order valence-electron chi connectivity index (χ3n) is 7.45. The first-order valence-corrected chi connectivity index (χ1v) is 13.0. The topological polar surface area (TPSA) is 106 Å². The summed E-state index contributed by atoms with van der Waals surface area (Å²) in [5.74, 6) is -0.675. The Bertz CT molecular complexity index is 1360. The number of carboxylic acid groups (broad SMARTS) is 1. The van der Waals surface area contributed by atoms with Gasteiger partial charge >= 0.3 is 12.1 Å². The van der Waals surface area contributed by atoms with Gasteiger partial charge in [-0.25, -0.2) is 9.78 Å². The zero-order valence-electron chi connectivity index (χ0n) is 22.4. The molecule has 210 valence electrons. The molecule has 0 bridgehead atoms. The fourth-order valence-corrected chi connectivity index (χ4v) is 5.14. The van der Waals surface area contributed by atoms with Crippen LogP contribution in [-0.2, 0) is 21.3 Å². The van der Waals surface area contributed by atoms with Crippen LogP contribution >= 0.6 is 0 Å². The molecule has 8 nitrogen and oxygen atoms in total. The molecule has 0 unspecified atom stereocenters. The maximum Gasteiger partial charge on any atom is 0.433 e. The Morgan fingerprint density at radius 2 is 1.85 bits per heavy atom. The molecule has 39 heavy (non-hydrogen) atoms. The summed E-state index contributed by atoms with van der Waals surface area (Å²) in [6.45, 7) is 7.21. The summed E-state index contributed by atoms with van der Waals surface area (Å²) in [5, 5.41) is 17.3. The van der Waals surface area contributed by atoms with E-state index in [9.17, 15) is 22.8 Å². The number of carbonyl (C=O) groups is 2. The molecule has 0 spiro atoms. The maximum absolute atomic E-state index is 13.2. The highest BCUT2D eigenvalue weighted by Gasteiger charge is 2.33. The number of rotatable bonds is 8. The lowest BCUT2D eigenvalue weighted by Gasteiger charge is -2.30. The Hall–Kier alpha value is -3.47. The van der Waals surface area contributed by atoms with E-state index in [2.05, 4.69) is 24.1 Å². The molecule has 1 aromatic carbocycles. The highest BCUT2D eigenvalue weighted by molar-refractivity contribution is 6.04. The molecule has 2 N–H and O–H groups in total. The van der Waals surface area contributed by atoms with Gasteiger partial charge in [0.1, 0.15) is 18.0 Å². The van der Waals surface area contributed by atoms with Gasteiger partial charge in [-0.1, -0.05) is 19.9 Å². The largest absolute Gasteiger partial charge is 0.480 e. The molecule has 11 heteroatoms. The van der Waals surface area contributed by atoms with Gasteiger partial charge in [-0.05, 0) is 75.6 Å². The van der Waals surface area contributed by atoms with Gasteiger partial charge in [0.2, 0.25) is 0 Å². The third kappa shape index (κ3) is 6.58. The SMILES string of the molecule is CC(C)C1CCC(n2cc3cc(NC(=O)c4cccc(C(F)(F)F)n4)c(C(C)(C)OCC(=O)O)cc3n2)CC1. The van der Waals surface area contributed by atoms with E-state index >= 15 is 0 Å². The molecule has 4 rings (SSSR count).